The molecule has 1 aliphatic heterocycles. The molecule has 9 heteroatoms. The Labute approximate surface area is 220 Å². The van der Waals surface area contributed by atoms with E-state index in [1.165, 1.54) is 0 Å². The molecular formula is C27H25Cl2N3O3S. The number of fused-ring (bicyclic) bond motifs is 1. The van der Waals surface area contributed by atoms with E-state index < -0.39 is 14.6 Å². The predicted octanol–water partition coefficient (Wildman–Crippen LogP) is 7.02. The largest absolute Gasteiger partial charge is 0.426 e. The fraction of sp³-hybridized carbons (Fsp3) is 0.259. The summed E-state index contributed by atoms with van der Waals surface area (Å²) in [6, 6.07) is 15.2. The summed E-state index contributed by atoms with van der Waals surface area (Å²) in [6.07, 6.45) is 1.86. The highest BCUT2D eigenvalue weighted by Gasteiger charge is 2.36. The number of nitrogens with one attached hydrogen (secondary N) is 1. The van der Waals surface area contributed by atoms with E-state index in [1.807, 2.05) is 42.6 Å². The molecule has 0 radical (unpaired) electrons. The predicted molar refractivity (Wildman–Crippen MR) is 146 cm³/mol. The third-order valence-corrected chi connectivity index (χ3v) is 9.48. The van der Waals surface area contributed by atoms with E-state index in [0.29, 0.717) is 38.8 Å². The van der Waals surface area contributed by atoms with Crippen LogP contribution in [0.25, 0.3) is 33.5 Å². The molecule has 1 aliphatic rings. The highest BCUT2D eigenvalue weighted by atomic mass is 35.5. The second-order valence-corrected chi connectivity index (χ2v) is 13.3. The Kier molecular flexibility index (Phi) is 6.14. The number of aryl methyl sites for hydroxylation is 1. The molecule has 2 aromatic heterocycles. The molecule has 5 rings (SSSR count). The van der Waals surface area contributed by atoms with Crippen LogP contribution in [0.4, 0.5) is 0 Å². The average molecular weight is 542 g/mol. The van der Waals surface area contributed by atoms with E-state index in [1.54, 1.807) is 39.8 Å². The molecule has 36 heavy (non-hydrogen) atoms. The van der Waals surface area contributed by atoms with Gasteiger partial charge in [-0.1, -0.05) is 47.5 Å². The number of hydrazone groups is 1. The Balaban J connectivity index is 1.75. The lowest BCUT2D eigenvalue weighted by Gasteiger charge is -2.17. The third-order valence-electron chi connectivity index (χ3n) is 6.43. The maximum atomic E-state index is 13.2. The number of halogens is 2. The molecule has 0 amide bonds. The minimum atomic E-state index is -3.72. The van der Waals surface area contributed by atoms with Crippen molar-refractivity contribution >= 4 is 50.4 Å². The molecule has 0 bridgehead atoms. The highest BCUT2D eigenvalue weighted by Crippen LogP contribution is 2.41. The van der Waals surface area contributed by atoms with Gasteiger partial charge < -0.3 is 9.84 Å². The lowest BCUT2D eigenvalue weighted by Crippen LogP contribution is -2.28. The van der Waals surface area contributed by atoms with E-state index in [0.717, 1.165) is 16.7 Å². The minimum absolute atomic E-state index is 0.0637. The van der Waals surface area contributed by atoms with Crippen molar-refractivity contribution in [2.45, 2.75) is 43.5 Å². The molecule has 4 aromatic rings. The van der Waals surface area contributed by atoms with Gasteiger partial charge in [-0.2, -0.15) is 5.10 Å². The van der Waals surface area contributed by atoms with Crippen LogP contribution in [-0.4, -0.2) is 30.9 Å². The Morgan fingerprint density at radius 3 is 2.36 bits per heavy atom. The lowest BCUT2D eigenvalue weighted by molar-refractivity contribution is 0.458. The van der Waals surface area contributed by atoms with Gasteiger partial charge in [-0.15, -0.1) is 0 Å². The maximum absolute atomic E-state index is 13.2. The van der Waals surface area contributed by atoms with E-state index in [9.17, 15) is 8.42 Å². The first-order valence-electron chi connectivity index (χ1n) is 11.5. The van der Waals surface area contributed by atoms with Crippen LogP contribution in [0, 0.1) is 6.92 Å². The fourth-order valence-electron chi connectivity index (χ4n) is 4.21. The summed E-state index contributed by atoms with van der Waals surface area (Å²) in [7, 11) is -3.72. The van der Waals surface area contributed by atoms with Crippen molar-refractivity contribution in [3.63, 3.8) is 0 Å². The fourth-order valence-corrected chi connectivity index (χ4v) is 5.87. The molecule has 0 aliphatic carbocycles. The van der Waals surface area contributed by atoms with Gasteiger partial charge >= 0.3 is 0 Å². The standard InChI is InChI=1S/C27H25Cl2N3O3S/c1-15-21-12-22(16-5-8-19(28)9-6-16)24(32-25(21)35-26(15)36(33,34)27(2,3)4)20-10-7-17(11-23(20)29)18-13-30-31-14-18/h5-13,18,31H,14H2,1-4H3. The maximum Gasteiger partial charge on any atom is 0.228 e. The zero-order valence-corrected chi connectivity index (χ0v) is 22.6. The molecule has 0 spiro atoms. The second kappa shape index (κ2) is 8.91. The smallest absolute Gasteiger partial charge is 0.228 e. The van der Waals surface area contributed by atoms with Gasteiger partial charge in [0.25, 0.3) is 0 Å². The van der Waals surface area contributed by atoms with Gasteiger partial charge in [0.15, 0.2) is 0 Å². The molecule has 0 saturated carbocycles. The second-order valence-electron chi connectivity index (χ2n) is 9.86. The van der Waals surface area contributed by atoms with E-state index >= 15 is 0 Å². The Hall–Kier alpha value is -2.87. The van der Waals surface area contributed by atoms with Crippen molar-refractivity contribution in [1.29, 1.82) is 0 Å². The average Bonchev–Trinajstić information content (AvgIpc) is 3.47. The van der Waals surface area contributed by atoms with Crippen LogP contribution in [0.5, 0.6) is 0 Å². The Bertz CT molecular complexity index is 1620. The number of pyridine rings is 1. The molecule has 2 aromatic carbocycles. The van der Waals surface area contributed by atoms with Crippen molar-refractivity contribution < 1.29 is 12.8 Å². The van der Waals surface area contributed by atoms with Crippen molar-refractivity contribution in [2.24, 2.45) is 5.10 Å². The number of sulfone groups is 1. The summed E-state index contributed by atoms with van der Waals surface area (Å²) in [5, 5.41) is 5.80. The molecule has 0 saturated heterocycles. The minimum Gasteiger partial charge on any atom is -0.426 e. The lowest BCUT2D eigenvalue weighted by atomic mass is 9.95. The first-order chi connectivity index (χ1) is 17.0. The summed E-state index contributed by atoms with van der Waals surface area (Å²) in [6.45, 7) is 7.42. The van der Waals surface area contributed by atoms with Crippen LogP contribution < -0.4 is 5.43 Å². The number of benzene rings is 2. The number of hydrogen-bond donors (Lipinski definition) is 1. The highest BCUT2D eigenvalue weighted by molar-refractivity contribution is 7.92. The number of furan rings is 1. The van der Waals surface area contributed by atoms with E-state index in [2.05, 4.69) is 10.5 Å². The van der Waals surface area contributed by atoms with Gasteiger partial charge in [-0.25, -0.2) is 13.4 Å². The van der Waals surface area contributed by atoms with Gasteiger partial charge in [0.1, 0.15) is 0 Å². The van der Waals surface area contributed by atoms with Gasteiger partial charge in [0.05, 0.1) is 15.5 Å². The van der Waals surface area contributed by atoms with Crippen LogP contribution in [0.1, 0.15) is 37.8 Å². The zero-order valence-electron chi connectivity index (χ0n) is 20.3. The van der Waals surface area contributed by atoms with Crippen LogP contribution >= 0.6 is 23.2 Å². The summed E-state index contributed by atoms with van der Waals surface area (Å²) < 4.78 is 31.4. The van der Waals surface area contributed by atoms with Gasteiger partial charge in [0.2, 0.25) is 20.6 Å². The van der Waals surface area contributed by atoms with Crippen molar-refractivity contribution in [1.82, 2.24) is 10.4 Å². The SMILES string of the molecule is Cc1c(S(=O)(=O)C(C)(C)C)oc2nc(-c3ccc(C4C=NNC4)cc3Cl)c(-c3ccc(Cl)cc3)cc12. The number of hydrogen-bond acceptors (Lipinski definition) is 6. The molecule has 1 N–H and O–H groups in total. The summed E-state index contributed by atoms with van der Waals surface area (Å²) in [5.74, 6) is 0.139. The Morgan fingerprint density at radius 1 is 1.03 bits per heavy atom. The summed E-state index contributed by atoms with van der Waals surface area (Å²) in [4.78, 5) is 4.82. The van der Waals surface area contributed by atoms with Gasteiger partial charge in [-0.3, -0.25) is 0 Å². The number of rotatable bonds is 4. The van der Waals surface area contributed by atoms with Gasteiger partial charge in [-0.05, 0) is 63.1 Å². The van der Waals surface area contributed by atoms with Gasteiger partial charge in [0, 0.05) is 45.8 Å². The Morgan fingerprint density at radius 2 is 1.75 bits per heavy atom. The van der Waals surface area contributed by atoms with Crippen LogP contribution in [0.2, 0.25) is 10.0 Å². The molecule has 1 unspecified atom stereocenters. The van der Waals surface area contributed by atoms with E-state index in [4.69, 9.17) is 32.6 Å². The van der Waals surface area contributed by atoms with Crippen LogP contribution in [0.3, 0.4) is 0 Å². The molecule has 3 heterocycles. The third kappa shape index (κ3) is 4.19. The molecule has 6 nitrogen and oxygen atoms in total. The molecule has 1 atom stereocenters. The van der Waals surface area contributed by atoms with Crippen molar-refractivity contribution in [2.75, 3.05) is 6.54 Å². The monoisotopic (exact) mass is 541 g/mol. The van der Waals surface area contributed by atoms with Crippen molar-refractivity contribution in [3.05, 3.63) is 69.7 Å². The first kappa shape index (κ1) is 24.8. The van der Waals surface area contributed by atoms with Crippen LogP contribution in [-0.2, 0) is 9.84 Å². The first-order valence-corrected chi connectivity index (χ1v) is 13.7. The number of aromatic nitrogens is 1. The zero-order chi connectivity index (χ0) is 25.8. The summed E-state index contributed by atoms with van der Waals surface area (Å²) >= 11 is 12.9. The summed E-state index contributed by atoms with van der Waals surface area (Å²) in [5.41, 5.74) is 7.75. The topological polar surface area (TPSA) is 84.6 Å². The normalized spacial score (nSPS) is 16.0. The molecule has 186 valence electrons. The van der Waals surface area contributed by atoms with E-state index in [-0.39, 0.29) is 16.7 Å². The molecular weight excluding hydrogens is 517 g/mol. The van der Waals surface area contributed by atoms with Crippen molar-refractivity contribution in [3.8, 4) is 22.4 Å². The number of nitrogens with zero attached hydrogens (tertiary/aromatic N) is 2. The molecule has 0 fully saturated rings. The van der Waals surface area contributed by atoms with Crippen LogP contribution in [0.15, 0.2) is 63.1 Å². The quantitative estimate of drug-likeness (QED) is 0.300.